The van der Waals surface area contributed by atoms with Crippen LogP contribution in [0.5, 0.6) is 0 Å². The van der Waals surface area contributed by atoms with Crippen LogP contribution in [0.4, 0.5) is 0 Å². The van der Waals surface area contributed by atoms with Crippen molar-refractivity contribution in [3.8, 4) is 0 Å². The summed E-state index contributed by atoms with van der Waals surface area (Å²) in [6, 6.07) is 9.93. The Balaban J connectivity index is 2.28. The lowest BCUT2D eigenvalue weighted by molar-refractivity contribution is -0.145. The van der Waals surface area contributed by atoms with Gasteiger partial charge in [-0.1, -0.05) is 69.5 Å². The highest BCUT2D eigenvalue weighted by Gasteiger charge is 2.36. The Labute approximate surface area is 139 Å². The summed E-state index contributed by atoms with van der Waals surface area (Å²) in [5.41, 5.74) is 1.87. The van der Waals surface area contributed by atoms with Crippen LogP contribution in [0.2, 0.25) is 0 Å². The van der Waals surface area contributed by atoms with E-state index in [1.54, 1.807) is 0 Å². The second-order valence-corrected chi connectivity index (χ2v) is 6.17. The van der Waals surface area contributed by atoms with E-state index >= 15 is 0 Å². The monoisotopic (exact) mass is 313 g/mol. The van der Waals surface area contributed by atoms with E-state index in [0.717, 1.165) is 43.2 Å². The molecule has 1 fully saturated rings. The lowest BCUT2D eigenvalue weighted by Crippen LogP contribution is -2.44. The molecule has 3 nitrogen and oxygen atoms in total. The molecule has 1 heterocycles. The number of nitrogens with zero attached hydrogens (tertiary/aromatic N) is 1. The number of hydrogen-bond donors (Lipinski definition) is 0. The van der Waals surface area contributed by atoms with Gasteiger partial charge in [0, 0.05) is 24.5 Å². The Morgan fingerprint density at radius 1 is 1.09 bits per heavy atom. The van der Waals surface area contributed by atoms with Crippen molar-refractivity contribution in [3.05, 3.63) is 47.5 Å². The van der Waals surface area contributed by atoms with Gasteiger partial charge in [0.25, 0.3) is 5.91 Å². The van der Waals surface area contributed by atoms with Gasteiger partial charge >= 0.3 is 0 Å². The number of piperidine rings is 1. The first kappa shape index (κ1) is 17.5. The zero-order chi connectivity index (χ0) is 16.7. The number of carbonyl (C=O) groups excluding carboxylic acids is 2. The van der Waals surface area contributed by atoms with Crippen molar-refractivity contribution in [2.45, 2.75) is 58.3 Å². The van der Waals surface area contributed by atoms with Gasteiger partial charge in [-0.15, -0.1) is 0 Å². The molecule has 0 aromatic heterocycles. The van der Waals surface area contributed by atoms with E-state index in [-0.39, 0.29) is 17.7 Å². The summed E-state index contributed by atoms with van der Waals surface area (Å²) in [6.07, 6.45) is 7.39. The fraction of sp³-hybridized carbons (Fsp3) is 0.500. The van der Waals surface area contributed by atoms with Crippen LogP contribution in [0.15, 0.2) is 42.0 Å². The number of imide groups is 1. The molecule has 0 unspecified atom stereocenters. The summed E-state index contributed by atoms with van der Waals surface area (Å²) >= 11 is 0. The molecule has 1 atom stereocenters. The van der Waals surface area contributed by atoms with Crippen molar-refractivity contribution in [3.63, 3.8) is 0 Å². The third kappa shape index (κ3) is 4.31. The van der Waals surface area contributed by atoms with Crippen molar-refractivity contribution < 1.29 is 9.59 Å². The van der Waals surface area contributed by atoms with Crippen LogP contribution in [0.3, 0.4) is 0 Å². The molecule has 3 heteroatoms. The molecule has 0 aliphatic carbocycles. The Morgan fingerprint density at radius 3 is 2.43 bits per heavy atom. The van der Waals surface area contributed by atoms with E-state index in [1.165, 1.54) is 4.90 Å². The lowest BCUT2D eigenvalue weighted by Gasteiger charge is -2.32. The first-order valence-corrected chi connectivity index (χ1v) is 8.78. The zero-order valence-corrected chi connectivity index (χ0v) is 14.3. The molecule has 0 radical (unpaired) electrons. The van der Waals surface area contributed by atoms with Crippen LogP contribution >= 0.6 is 0 Å². The second-order valence-electron chi connectivity index (χ2n) is 6.17. The van der Waals surface area contributed by atoms with Crippen molar-refractivity contribution >= 4 is 11.8 Å². The first-order chi connectivity index (χ1) is 11.2. The van der Waals surface area contributed by atoms with E-state index in [1.807, 2.05) is 30.3 Å². The van der Waals surface area contributed by atoms with Gasteiger partial charge in [-0.2, -0.15) is 0 Å². The van der Waals surface area contributed by atoms with E-state index in [4.69, 9.17) is 0 Å². The Kier molecular flexibility index (Phi) is 6.57. The fourth-order valence-corrected chi connectivity index (χ4v) is 3.03. The van der Waals surface area contributed by atoms with E-state index in [9.17, 15) is 9.59 Å². The number of allylic oxidation sites excluding steroid dienone is 1. The average Bonchev–Trinajstić information content (AvgIpc) is 2.57. The molecular weight excluding hydrogens is 286 g/mol. The summed E-state index contributed by atoms with van der Waals surface area (Å²) in [5, 5.41) is 0. The van der Waals surface area contributed by atoms with E-state index < -0.39 is 0 Å². The van der Waals surface area contributed by atoms with Crippen LogP contribution in [-0.4, -0.2) is 23.3 Å². The van der Waals surface area contributed by atoms with Gasteiger partial charge in [0.15, 0.2) is 0 Å². The first-order valence-electron chi connectivity index (χ1n) is 8.78. The molecule has 0 N–H and O–H groups in total. The van der Waals surface area contributed by atoms with Gasteiger partial charge in [0.1, 0.15) is 0 Å². The predicted octanol–water partition coefficient (Wildman–Crippen LogP) is 4.45. The molecule has 124 valence electrons. The molecule has 23 heavy (non-hydrogen) atoms. The van der Waals surface area contributed by atoms with Crippen LogP contribution in [0.25, 0.3) is 0 Å². The molecule has 0 spiro atoms. The largest absolute Gasteiger partial charge is 0.279 e. The molecule has 1 aliphatic rings. The summed E-state index contributed by atoms with van der Waals surface area (Å²) < 4.78 is 0. The zero-order valence-electron chi connectivity index (χ0n) is 14.3. The molecule has 0 bridgehead atoms. The maximum absolute atomic E-state index is 12.9. The standard InChI is InChI=1S/C20H27NO2/c1-3-5-8-13-17-18(16-11-9-7-10-12-16)15-19(22)21(20(17)23)14-6-4-2/h7,9-13,18H,3-6,8,14-15H2,1-2H3/b17-13+/t18-/m1/s1. The van der Waals surface area contributed by atoms with E-state index in [0.29, 0.717) is 13.0 Å². The smallest absolute Gasteiger partial charge is 0.256 e. The SMILES string of the molecule is CCCC/C=C1/C(=O)N(CCCC)C(=O)C[C@@H]1c1ccccc1. The Morgan fingerprint density at radius 2 is 1.78 bits per heavy atom. The van der Waals surface area contributed by atoms with Gasteiger partial charge < -0.3 is 0 Å². The topological polar surface area (TPSA) is 37.4 Å². The quantitative estimate of drug-likeness (QED) is 0.424. The average molecular weight is 313 g/mol. The maximum Gasteiger partial charge on any atom is 0.256 e. The Hall–Kier alpha value is -1.90. The number of likely N-dealkylation sites (tertiary alicyclic amines) is 1. The lowest BCUT2D eigenvalue weighted by atomic mass is 9.83. The maximum atomic E-state index is 12.9. The number of benzene rings is 1. The van der Waals surface area contributed by atoms with Gasteiger partial charge in [0.05, 0.1) is 0 Å². The van der Waals surface area contributed by atoms with Crippen molar-refractivity contribution in [2.24, 2.45) is 0 Å². The van der Waals surface area contributed by atoms with Crippen LogP contribution in [-0.2, 0) is 9.59 Å². The normalized spacial score (nSPS) is 20.3. The molecule has 1 aliphatic heterocycles. The molecule has 0 saturated carbocycles. The van der Waals surface area contributed by atoms with E-state index in [2.05, 4.69) is 19.9 Å². The summed E-state index contributed by atoms with van der Waals surface area (Å²) in [5.74, 6) is -0.212. The number of rotatable bonds is 7. The predicted molar refractivity (Wildman–Crippen MR) is 93.0 cm³/mol. The molecule has 1 saturated heterocycles. The molecule has 2 amide bonds. The van der Waals surface area contributed by atoms with Crippen molar-refractivity contribution in [2.75, 3.05) is 6.54 Å². The fourth-order valence-electron chi connectivity index (χ4n) is 3.03. The van der Waals surface area contributed by atoms with Crippen LogP contribution < -0.4 is 0 Å². The highest BCUT2D eigenvalue weighted by Crippen LogP contribution is 2.34. The van der Waals surface area contributed by atoms with Gasteiger partial charge in [0.2, 0.25) is 5.91 Å². The van der Waals surface area contributed by atoms with Gasteiger partial charge in [-0.25, -0.2) is 0 Å². The Bertz CT molecular complexity index is 562. The number of amides is 2. The minimum absolute atomic E-state index is 0.0371. The molecular formula is C20H27NO2. The second kappa shape index (κ2) is 8.66. The van der Waals surface area contributed by atoms with Crippen molar-refractivity contribution in [1.82, 2.24) is 4.90 Å². The minimum atomic E-state index is -0.0917. The molecule has 2 rings (SSSR count). The van der Waals surface area contributed by atoms with Gasteiger partial charge in [-0.3, -0.25) is 14.5 Å². The summed E-state index contributed by atoms with van der Waals surface area (Å²) in [6.45, 7) is 4.76. The molecule has 1 aromatic rings. The minimum Gasteiger partial charge on any atom is -0.279 e. The van der Waals surface area contributed by atoms with Crippen LogP contribution in [0.1, 0.15) is 63.9 Å². The highest BCUT2D eigenvalue weighted by molar-refractivity contribution is 6.08. The molecule has 1 aromatic carbocycles. The summed E-state index contributed by atoms with van der Waals surface area (Å²) in [7, 11) is 0. The number of unbranched alkanes of at least 4 members (excludes halogenated alkanes) is 3. The number of carbonyl (C=O) groups is 2. The summed E-state index contributed by atoms with van der Waals surface area (Å²) in [4.78, 5) is 26.8. The van der Waals surface area contributed by atoms with Crippen molar-refractivity contribution in [1.29, 1.82) is 0 Å². The number of hydrogen-bond acceptors (Lipinski definition) is 2. The highest BCUT2D eigenvalue weighted by atomic mass is 16.2. The third-order valence-corrected chi connectivity index (χ3v) is 4.41. The van der Waals surface area contributed by atoms with Crippen LogP contribution in [0, 0.1) is 0 Å². The third-order valence-electron chi connectivity index (χ3n) is 4.41. The van der Waals surface area contributed by atoms with Gasteiger partial charge in [-0.05, 0) is 18.4 Å².